The Morgan fingerprint density at radius 1 is 1.43 bits per heavy atom. The standard InChI is InChI=1S/C15H22N2O4/c1-11-12(5-8-21-11)10-17(2)14(20)16-15(9-13(18)19)6-3-4-7-15/h5,8H,3-4,6-7,9-10H2,1-2H3,(H,16,20)(H,18,19). The molecule has 2 N–H and O–H groups in total. The molecule has 0 atom stereocenters. The third kappa shape index (κ3) is 3.77. The van der Waals surface area contributed by atoms with Crippen molar-refractivity contribution in [3.63, 3.8) is 0 Å². The number of rotatable bonds is 5. The Morgan fingerprint density at radius 3 is 2.62 bits per heavy atom. The topological polar surface area (TPSA) is 82.8 Å². The Hall–Kier alpha value is -1.98. The van der Waals surface area contributed by atoms with Crippen molar-refractivity contribution in [2.24, 2.45) is 0 Å². The number of carbonyl (C=O) groups is 2. The minimum atomic E-state index is -0.870. The smallest absolute Gasteiger partial charge is 0.317 e. The molecule has 2 amide bonds. The molecular formula is C15H22N2O4. The fourth-order valence-corrected chi connectivity index (χ4v) is 2.91. The molecule has 0 radical (unpaired) electrons. The van der Waals surface area contributed by atoms with E-state index in [1.54, 1.807) is 18.2 Å². The van der Waals surface area contributed by atoms with E-state index in [0.29, 0.717) is 6.54 Å². The monoisotopic (exact) mass is 294 g/mol. The van der Waals surface area contributed by atoms with Gasteiger partial charge in [0.05, 0.1) is 24.8 Å². The minimum absolute atomic E-state index is 0.0165. The van der Waals surface area contributed by atoms with Crippen LogP contribution in [-0.4, -0.2) is 34.6 Å². The fourth-order valence-electron chi connectivity index (χ4n) is 2.91. The number of carboxylic acid groups (broad SMARTS) is 1. The van der Waals surface area contributed by atoms with E-state index in [1.165, 1.54) is 0 Å². The molecular weight excluding hydrogens is 272 g/mol. The molecule has 0 aliphatic heterocycles. The van der Waals surface area contributed by atoms with Crippen LogP contribution in [0, 0.1) is 6.92 Å². The molecule has 1 saturated carbocycles. The maximum atomic E-state index is 12.3. The van der Waals surface area contributed by atoms with E-state index in [1.807, 2.05) is 13.0 Å². The van der Waals surface area contributed by atoms with E-state index in [0.717, 1.165) is 37.0 Å². The number of hydrogen-bond acceptors (Lipinski definition) is 3. The molecule has 0 spiro atoms. The highest BCUT2D eigenvalue weighted by Gasteiger charge is 2.38. The molecule has 0 bridgehead atoms. The Bertz CT molecular complexity index is 517. The van der Waals surface area contributed by atoms with E-state index < -0.39 is 11.5 Å². The Morgan fingerprint density at radius 2 is 2.10 bits per heavy atom. The number of nitrogens with zero attached hydrogens (tertiary/aromatic N) is 1. The summed E-state index contributed by atoms with van der Waals surface area (Å²) in [5, 5.41) is 12.0. The van der Waals surface area contributed by atoms with Crippen LogP contribution in [0.15, 0.2) is 16.7 Å². The van der Waals surface area contributed by atoms with Gasteiger partial charge in [-0.15, -0.1) is 0 Å². The van der Waals surface area contributed by atoms with Crippen molar-refractivity contribution in [3.8, 4) is 0 Å². The average molecular weight is 294 g/mol. The van der Waals surface area contributed by atoms with Crippen LogP contribution in [0.1, 0.15) is 43.4 Å². The van der Waals surface area contributed by atoms with Crippen LogP contribution in [0.4, 0.5) is 4.79 Å². The number of carboxylic acids is 1. The first-order chi connectivity index (χ1) is 9.92. The molecule has 2 rings (SSSR count). The van der Waals surface area contributed by atoms with Gasteiger partial charge in [0.15, 0.2) is 0 Å². The number of amides is 2. The molecule has 21 heavy (non-hydrogen) atoms. The van der Waals surface area contributed by atoms with Crippen LogP contribution in [0.25, 0.3) is 0 Å². The predicted molar refractivity (Wildman–Crippen MR) is 76.9 cm³/mol. The summed E-state index contributed by atoms with van der Waals surface area (Å²) in [7, 11) is 1.70. The zero-order chi connectivity index (χ0) is 15.5. The average Bonchev–Trinajstić information content (AvgIpc) is 2.99. The van der Waals surface area contributed by atoms with Crippen molar-refractivity contribution in [3.05, 3.63) is 23.7 Å². The van der Waals surface area contributed by atoms with Crippen molar-refractivity contribution in [1.29, 1.82) is 0 Å². The second-order valence-corrected chi connectivity index (χ2v) is 5.85. The molecule has 6 heteroatoms. The molecule has 1 aromatic rings. The molecule has 0 aromatic carbocycles. The highest BCUT2D eigenvalue weighted by molar-refractivity contribution is 5.76. The van der Waals surface area contributed by atoms with E-state index in [4.69, 9.17) is 9.52 Å². The summed E-state index contributed by atoms with van der Waals surface area (Å²) in [5.74, 6) is -0.0821. The zero-order valence-electron chi connectivity index (χ0n) is 12.5. The van der Waals surface area contributed by atoms with Gasteiger partial charge in [0.2, 0.25) is 0 Å². The van der Waals surface area contributed by atoms with Crippen LogP contribution in [0.5, 0.6) is 0 Å². The highest BCUT2D eigenvalue weighted by atomic mass is 16.4. The molecule has 1 aliphatic carbocycles. The number of aliphatic carboxylic acids is 1. The maximum absolute atomic E-state index is 12.3. The van der Waals surface area contributed by atoms with Crippen LogP contribution in [-0.2, 0) is 11.3 Å². The molecule has 1 aromatic heterocycles. The summed E-state index contributed by atoms with van der Waals surface area (Å²) in [5.41, 5.74) is 0.356. The molecule has 6 nitrogen and oxygen atoms in total. The summed E-state index contributed by atoms with van der Waals surface area (Å²) in [6, 6.07) is 1.60. The number of urea groups is 1. The van der Waals surface area contributed by atoms with Crippen LogP contribution < -0.4 is 5.32 Å². The number of furan rings is 1. The molecule has 1 heterocycles. The van der Waals surface area contributed by atoms with Gasteiger partial charge in [-0.05, 0) is 25.8 Å². The Balaban J connectivity index is 1.98. The summed E-state index contributed by atoms with van der Waals surface area (Å²) in [4.78, 5) is 24.9. The largest absolute Gasteiger partial charge is 0.481 e. The Labute approximate surface area is 124 Å². The SMILES string of the molecule is Cc1occc1CN(C)C(=O)NC1(CC(=O)O)CCCC1. The number of hydrogen-bond donors (Lipinski definition) is 2. The molecule has 1 fully saturated rings. The molecule has 0 saturated heterocycles. The first kappa shape index (κ1) is 15.4. The van der Waals surface area contributed by atoms with E-state index in [-0.39, 0.29) is 12.5 Å². The first-order valence-corrected chi connectivity index (χ1v) is 7.20. The Kier molecular flexibility index (Phi) is 4.55. The molecule has 116 valence electrons. The third-order valence-corrected chi connectivity index (χ3v) is 4.14. The van der Waals surface area contributed by atoms with Gasteiger partial charge in [0, 0.05) is 12.6 Å². The lowest BCUT2D eigenvalue weighted by atomic mass is 9.93. The van der Waals surface area contributed by atoms with Gasteiger partial charge < -0.3 is 19.7 Å². The van der Waals surface area contributed by atoms with Crippen LogP contribution in [0.3, 0.4) is 0 Å². The summed E-state index contributed by atoms with van der Waals surface area (Å²) in [6.45, 7) is 2.29. The van der Waals surface area contributed by atoms with Crippen molar-refractivity contribution >= 4 is 12.0 Å². The second-order valence-electron chi connectivity index (χ2n) is 5.85. The van der Waals surface area contributed by atoms with Gasteiger partial charge in [-0.2, -0.15) is 0 Å². The van der Waals surface area contributed by atoms with Crippen molar-refractivity contribution < 1.29 is 19.1 Å². The zero-order valence-corrected chi connectivity index (χ0v) is 12.5. The fraction of sp³-hybridized carbons (Fsp3) is 0.600. The van der Waals surface area contributed by atoms with Gasteiger partial charge in [-0.3, -0.25) is 4.79 Å². The van der Waals surface area contributed by atoms with Gasteiger partial charge in [-0.1, -0.05) is 12.8 Å². The first-order valence-electron chi connectivity index (χ1n) is 7.20. The number of carbonyl (C=O) groups excluding carboxylic acids is 1. The van der Waals surface area contributed by atoms with Gasteiger partial charge in [0.1, 0.15) is 5.76 Å². The van der Waals surface area contributed by atoms with Gasteiger partial charge >= 0.3 is 12.0 Å². The van der Waals surface area contributed by atoms with E-state index in [9.17, 15) is 9.59 Å². The lowest BCUT2D eigenvalue weighted by molar-refractivity contribution is -0.138. The highest BCUT2D eigenvalue weighted by Crippen LogP contribution is 2.32. The van der Waals surface area contributed by atoms with Crippen molar-refractivity contribution in [2.45, 2.75) is 51.1 Å². The quantitative estimate of drug-likeness (QED) is 0.874. The van der Waals surface area contributed by atoms with Crippen LogP contribution in [0.2, 0.25) is 0 Å². The minimum Gasteiger partial charge on any atom is -0.481 e. The predicted octanol–water partition coefficient (Wildman–Crippen LogP) is 2.52. The van der Waals surface area contributed by atoms with Crippen molar-refractivity contribution in [2.75, 3.05) is 7.05 Å². The van der Waals surface area contributed by atoms with E-state index in [2.05, 4.69) is 5.32 Å². The second kappa shape index (κ2) is 6.20. The van der Waals surface area contributed by atoms with Crippen molar-refractivity contribution in [1.82, 2.24) is 10.2 Å². The number of nitrogens with one attached hydrogen (secondary N) is 1. The summed E-state index contributed by atoms with van der Waals surface area (Å²) in [6.07, 6.45) is 4.94. The molecule has 0 unspecified atom stereocenters. The maximum Gasteiger partial charge on any atom is 0.317 e. The normalized spacial score (nSPS) is 16.7. The van der Waals surface area contributed by atoms with E-state index >= 15 is 0 Å². The number of aryl methyl sites for hydroxylation is 1. The summed E-state index contributed by atoms with van der Waals surface area (Å²) >= 11 is 0. The van der Waals surface area contributed by atoms with Gasteiger partial charge in [-0.25, -0.2) is 4.79 Å². The molecule has 1 aliphatic rings. The lowest BCUT2D eigenvalue weighted by Crippen LogP contribution is -2.51. The van der Waals surface area contributed by atoms with Crippen LogP contribution >= 0.6 is 0 Å². The van der Waals surface area contributed by atoms with Gasteiger partial charge in [0.25, 0.3) is 0 Å². The third-order valence-electron chi connectivity index (χ3n) is 4.14. The summed E-state index contributed by atoms with van der Waals surface area (Å²) < 4.78 is 5.21. The lowest BCUT2D eigenvalue weighted by Gasteiger charge is -2.31.